The quantitative estimate of drug-likeness (QED) is 0.326. The average Bonchev–Trinajstić information content (AvgIpc) is 2.63. The van der Waals surface area contributed by atoms with Gasteiger partial charge < -0.3 is 20.1 Å². The van der Waals surface area contributed by atoms with E-state index in [0.717, 1.165) is 25.7 Å². The van der Waals surface area contributed by atoms with E-state index < -0.39 is 17.5 Å². The molecule has 0 aliphatic rings. The molecule has 0 radical (unpaired) electrons. The zero-order valence-corrected chi connectivity index (χ0v) is 18.4. The molecule has 1 aromatic carbocycles. The largest absolute Gasteiger partial charge is 0.504 e. The maximum absolute atomic E-state index is 11.5. The molecule has 160 valence electrons. The lowest BCUT2D eigenvalue weighted by Crippen LogP contribution is -2.06. The molecule has 5 nitrogen and oxygen atoms in total. The van der Waals surface area contributed by atoms with Crippen LogP contribution in [0.15, 0.2) is 34.9 Å². The van der Waals surface area contributed by atoms with E-state index >= 15 is 0 Å². The van der Waals surface area contributed by atoms with Crippen molar-refractivity contribution in [2.45, 2.75) is 66.7 Å². The number of benzene rings is 1. The van der Waals surface area contributed by atoms with E-state index in [1.165, 1.54) is 23.8 Å². The molecule has 0 heterocycles. The third kappa shape index (κ3) is 7.00. The summed E-state index contributed by atoms with van der Waals surface area (Å²) in [5, 5.41) is 29.5. The van der Waals surface area contributed by atoms with Crippen LogP contribution in [0.3, 0.4) is 0 Å². The minimum Gasteiger partial charge on any atom is -0.504 e. The van der Waals surface area contributed by atoms with Crippen LogP contribution in [0.2, 0.25) is 0 Å². The van der Waals surface area contributed by atoms with Crippen molar-refractivity contribution < 1.29 is 24.9 Å². The Morgan fingerprint density at radius 3 is 2.00 bits per heavy atom. The lowest BCUT2D eigenvalue weighted by molar-refractivity contribution is 0.0692. The molecule has 0 fully saturated rings. The number of carboxylic acid groups (broad SMARTS) is 1. The van der Waals surface area contributed by atoms with Gasteiger partial charge in [0.15, 0.2) is 11.5 Å². The molecule has 5 heteroatoms. The Morgan fingerprint density at radius 1 is 0.931 bits per heavy atom. The van der Waals surface area contributed by atoms with Gasteiger partial charge in [-0.25, -0.2) is 4.79 Å². The van der Waals surface area contributed by atoms with Crippen LogP contribution in [0.25, 0.3) is 0 Å². The number of allylic oxidation sites excluding steroid dienone is 6. The highest BCUT2D eigenvalue weighted by atomic mass is 16.5. The van der Waals surface area contributed by atoms with Gasteiger partial charge in [-0.15, -0.1) is 0 Å². The molecule has 0 saturated heterocycles. The van der Waals surface area contributed by atoms with E-state index in [4.69, 9.17) is 4.74 Å². The fourth-order valence-corrected chi connectivity index (χ4v) is 3.21. The summed E-state index contributed by atoms with van der Waals surface area (Å²) in [6.45, 7) is 10.0. The zero-order valence-electron chi connectivity index (χ0n) is 18.4. The Hall–Kier alpha value is -2.69. The summed E-state index contributed by atoms with van der Waals surface area (Å²) in [6.07, 6.45) is 10.9. The van der Waals surface area contributed by atoms with Crippen molar-refractivity contribution in [3.63, 3.8) is 0 Å². The van der Waals surface area contributed by atoms with Crippen molar-refractivity contribution >= 4 is 5.97 Å². The van der Waals surface area contributed by atoms with Crippen molar-refractivity contribution in [1.82, 2.24) is 0 Å². The van der Waals surface area contributed by atoms with Crippen molar-refractivity contribution in [1.29, 1.82) is 0 Å². The first-order valence-corrected chi connectivity index (χ1v) is 9.89. The van der Waals surface area contributed by atoms with Gasteiger partial charge in [-0.3, -0.25) is 0 Å². The Labute approximate surface area is 174 Å². The van der Waals surface area contributed by atoms with Crippen LogP contribution >= 0.6 is 0 Å². The van der Waals surface area contributed by atoms with E-state index in [-0.39, 0.29) is 11.3 Å². The van der Waals surface area contributed by atoms with Crippen LogP contribution in [-0.4, -0.2) is 28.4 Å². The lowest BCUT2D eigenvalue weighted by atomic mass is 9.95. The SMILES string of the molecule is COc1c(O)c(O)c(C(=O)O)c(C)c1C/C=C(\C)CC/C=C(\C)CCC=C(C)C. The van der Waals surface area contributed by atoms with E-state index in [9.17, 15) is 20.1 Å². The summed E-state index contributed by atoms with van der Waals surface area (Å²) in [5.74, 6) is -2.37. The first-order chi connectivity index (χ1) is 13.6. The van der Waals surface area contributed by atoms with Crippen LogP contribution in [0.5, 0.6) is 17.2 Å². The molecule has 1 rings (SSSR count). The van der Waals surface area contributed by atoms with E-state index in [0.29, 0.717) is 17.5 Å². The third-order valence-electron chi connectivity index (χ3n) is 4.97. The van der Waals surface area contributed by atoms with Gasteiger partial charge in [0.2, 0.25) is 5.75 Å². The molecule has 0 atom stereocenters. The predicted molar refractivity (Wildman–Crippen MR) is 117 cm³/mol. The Kier molecular flexibility index (Phi) is 9.53. The minimum absolute atomic E-state index is 0.115. The average molecular weight is 403 g/mol. The molecular weight excluding hydrogens is 368 g/mol. The zero-order chi connectivity index (χ0) is 22.1. The Morgan fingerprint density at radius 2 is 1.48 bits per heavy atom. The smallest absolute Gasteiger partial charge is 0.339 e. The highest BCUT2D eigenvalue weighted by molar-refractivity contribution is 5.95. The Bertz CT molecular complexity index is 824. The summed E-state index contributed by atoms with van der Waals surface area (Å²) in [6, 6.07) is 0. The van der Waals surface area contributed by atoms with Gasteiger partial charge in [-0.1, -0.05) is 34.9 Å². The van der Waals surface area contributed by atoms with Gasteiger partial charge in [0.1, 0.15) is 5.56 Å². The molecule has 1 aromatic rings. The van der Waals surface area contributed by atoms with Gasteiger partial charge >= 0.3 is 5.97 Å². The number of rotatable bonds is 10. The number of aromatic carboxylic acids is 1. The first-order valence-electron chi connectivity index (χ1n) is 9.89. The molecule has 0 amide bonds. The highest BCUT2D eigenvalue weighted by Crippen LogP contribution is 2.44. The third-order valence-corrected chi connectivity index (χ3v) is 4.97. The second-order valence-electron chi connectivity index (χ2n) is 7.68. The number of methoxy groups -OCH3 is 1. The monoisotopic (exact) mass is 402 g/mol. The van der Waals surface area contributed by atoms with Gasteiger partial charge in [0, 0.05) is 5.56 Å². The number of phenolic OH excluding ortho intramolecular Hbond substituents is 1. The molecule has 0 bridgehead atoms. The fourth-order valence-electron chi connectivity index (χ4n) is 3.21. The van der Waals surface area contributed by atoms with E-state index in [1.807, 2.05) is 13.0 Å². The van der Waals surface area contributed by atoms with E-state index in [1.54, 1.807) is 6.92 Å². The molecule has 0 aliphatic heterocycles. The molecule has 0 aromatic heterocycles. The van der Waals surface area contributed by atoms with Gasteiger partial charge in [0.05, 0.1) is 7.11 Å². The van der Waals surface area contributed by atoms with Crippen LogP contribution < -0.4 is 4.74 Å². The van der Waals surface area contributed by atoms with Crippen molar-refractivity contribution in [3.05, 3.63) is 51.6 Å². The number of ether oxygens (including phenoxy) is 1. The second kappa shape index (κ2) is 11.3. The molecule has 29 heavy (non-hydrogen) atoms. The molecular formula is C24H34O5. The number of hydrogen-bond donors (Lipinski definition) is 3. The number of carboxylic acids is 1. The van der Waals surface area contributed by atoms with Crippen LogP contribution in [-0.2, 0) is 6.42 Å². The summed E-state index contributed by atoms with van der Waals surface area (Å²) in [4.78, 5) is 11.5. The van der Waals surface area contributed by atoms with Gasteiger partial charge in [-0.05, 0) is 72.3 Å². The van der Waals surface area contributed by atoms with Crippen molar-refractivity contribution in [2.24, 2.45) is 0 Å². The Balaban J connectivity index is 2.89. The maximum Gasteiger partial charge on any atom is 0.339 e. The number of phenols is 2. The first kappa shape index (κ1) is 24.3. The molecule has 0 saturated carbocycles. The summed E-state index contributed by atoms with van der Waals surface area (Å²) in [5.41, 5.74) is 4.55. The molecule has 3 N–H and O–H groups in total. The maximum atomic E-state index is 11.5. The van der Waals surface area contributed by atoms with E-state index in [2.05, 4.69) is 32.9 Å². The second-order valence-corrected chi connectivity index (χ2v) is 7.68. The number of carbonyl (C=O) groups is 1. The number of aromatic hydroxyl groups is 2. The standard InChI is InChI=1S/C24H34O5/c1-15(2)9-7-10-16(3)11-8-12-17(4)13-14-19-18(5)20(24(27)28)21(25)22(26)23(19)29-6/h9,11,13,25-26H,7-8,10,12,14H2,1-6H3,(H,27,28)/b16-11+,17-13+. The number of hydrogen-bond acceptors (Lipinski definition) is 4. The molecule has 0 spiro atoms. The highest BCUT2D eigenvalue weighted by Gasteiger charge is 2.25. The molecule has 0 aliphatic carbocycles. The van der Waals surface area contributed by atoms with Crippen molar-refractivity contribution in [2.75, 3.05) is 7.11 Å². The van der Waals surface area contributed by atoms with Crippen molar-refractivity contribution in [3.8, 4) is 17.2 Å². The summed E-state index contributed by atoms with van der Waals surface area (Å²) in [7, 11) is 1.39. The minimum atomic E-state index is -1.28. The summed E-state index contributed by atoms with van der Waals surface area (Å²) >= 11 is 0. The van der Waals surface area contributed by atoms with Crippen LogP contribution in [0.4, 0.5) is 0 Å². The van der Waals surface area contributed by atoms with Gasteiger partial charge in [-0.2, -0.15) is 0 Å². The summed E-state index contributed by atoms with van der Waals surface area (Å²) < 4.78 is 5.23. The van der Waals surface area contributed by atoms with Gasteiger partial charge in [0.25, 0.3) is 0 Å². The topological polar surface area (TPSA) is 87.0 Å². The van der Waals surface area contributed by atoms with Crippen LogP contribution in [0.1, 0.15) is 74.9 Å². The normalized spacial score (nSPS) is 12.1. The predicted octanol–water partition coefficient (Wildman–Crippen LogP) is 6.07. The van der Waals surface area contributed by atoms with Crippen LogP contribution in [0, 0.1) is 6.92 Å². The fraction of sp³-hybridized carbons (Fsp3) is 0.458. The molecule has 0 unspecified atom stereocenters. The lowest BCUT2D eigenvalue weighted by Gasteiger charge is -2.16.